The van der Waals surface area contributed by atoms with Crippen molar-refractivity contribution < 1.29 is 22.5 Å². The van der Waals surface area contributed by atoms with Gasteiger partial charge in [0.05, 0.1) is 30.8 Å². The Morgan fingerprint density at radius 2 is 1.97 bits per heavy atom. The van der Waals surface area contributed by atoms with Crippen LogP contribution in [-0.2, 0) is 23.7 Å². The molecule has 0 bridgehead atoms. The normalized spacial score (nSPS) is 14.0. The molecule has 1 aliphatic heterocycles. The molecule has 3 aromatic rings. The van der Waals surface area contributed by atoms with E-state index in [0.717, 1.165) is 24.2 Å². The van der Waals surface area contributed by atoms with Crippen LogP contribution < -0.4 is 20.4 Å². The van der Waals surface area contributed by atoms with Crippen molar-refractivity contribution in [2.24, 2.45) is 0 Å². The third-order valence-electron chi connectivity index (χ3n) is 5.42. The summed E-state index contributed by atoms with van der Waals surface area (Å²) < 4.78 is 57.2. The van der Waals surface area contributed by atoms with Gasteiger partial charge in [0.1, 0.15) is 12.6 Å². The van der Waals surface area contributed by atoms with Crippen molar-refractivity contribution >= 4 is 41.6 Å². The number of alkyl halides is 3. The minimum Gasteiger partial charge on any atom is -0.478 e. The number of methoxy groups -OCH3 is 1. The molecule has 35 heavy (non-hydrogen) atoms. The summed E-state index contributed by atoms with van der Waals surface area (Å²) in [5.74, 6) is 1.31. The zero-order chi connectivity index (χ0) is 25.4. The second-order valence-corrected chi connectivity index (χ2v) is 12.0. The van der Waals surface area contributed by atoms with Crippen molar-refractivity contribution in [3.63, 3.8) is 0 Å². The van der Waals surface area contributed by atoms with Gasteiger partial charge in [-0.15, -0.1) is 0 Å². The smallest absolute Gasteiger partial charge is 0.416 e. The number of rotatable bonds is 6. The van der Waals surface area contributed by atoms with Crippen molar-refractivity contribution in [2.75, 3.05) is 37.2 Å². The molecule has 13 heteroatoms. The minimum absolute atomic E-state index is 0.147. The average molecular weight is 527 g/mol. The van der Waals surface area contributed by atoms with Gasteiger partial charge in [0.15, 0.2) is 17.5 Å². The van der Waals surface area contributed by atoms with E-state index >= 15 is 0 Å². The van der Waals surface area contributed by atoms with Crippen LogP contribution >= 0.6 is 18.7 Å². The highest BCUT2D eigenvalue weighted by Gasteiger charge is 2.31. The van der Waals surface area contributed by atoms with E-state index in [9.17, 15) is 17.7 Å². The molecular formula is C22H23ClF3N6O2P. The predicted molar refractivity (Wildman–Crippen MR) is 129 cm³/mol. The molecule has 186 valence electrons. The standard InChI is InChI=1S/C22H23ClF3N6O2P/c1-34-21-19(28-11-18(31-21)35(2,3)33)29-17-10-27-16-5-4-8-32(20(16)30-17)12-13-9-14(22(24,25)26)6-7-15(13)23/h6-7,9-11H,4-5,8,12H2,1-3H3,(H,28,29,30). The third kappa shape index (κ3) is 5.67. The molecular weight excluding hydrogens is 504 g/mol. The zero-order valence-corrected chi connectivity index (χ0v) is 20.9. The summed E-state index contributed by atoms with van der Waals surface area (Å²) in [6, 6.07) is 3.29. The molecule has 0 amide bonds. The largest absolute Gasteiger partial charge is 0.478 e. The third-order valence-corrected chi connectivity index (χ3v) is 7.11. The van der Waals surface area contributed by atoms with Crippen LogP contribution in [-0.4, -0.2) is 46.9 Å². The molecule has 0 aliphatic carbocycles. The lowest BCUT2D eigenvalue weighted by atomic mass is 10.1. The summed E-state index contributed by atoms with van der Waals surface area (Å²) >= 11 is 6.22. The minimum atomic E-state index is -4.46. The number of nitrogens with zero attached hydrogens (tertiary/aromatic N) is 5. The van der Waals surface area contributed by atoms with Crippen molar-refractivity contribution in [1.29, 1.82) is 0 Å². The molecule has 4 rings (SSSR count). The van der Waals surface area contributed by atoms with Gasteiger partial charge in [-0.25, -0.2) is 15.0 Å². The molecule has 0 spiro atoms. The number of anilines is 3. The lowest BCUT2D eigenvalue weighted by Gasteiger charge is -2.30. The average Bonchev–Trinajstić information content (AvgIpc) is 2.79. The second kappa shape index (κ2) is 9.62. The van der Waals surface area contributed by atoms with E-state index in [1.165, 1.54) is 19.4 Å². The second-order valence-electron chi connectivity index (χ2n) is 8.42. The van der Waals surface area contributed by atoms with E-state index < -0.39 is 18.9 Å². The number of fused-ring (bicyclic) bond motifs is 1. The maximum atomic E-state index is 13.2. The fourth-order valence-corrected chi connectivity index (χ4v) is 4.49. The van der Waals surface area contributed by atoms with Crippen LogP contribution in [0, 0.1) is 0 Å². The molecule has 0 unspecified atom stereocenters. The van der Waals surface area contributed by atoms with Gasteiger partial charge < -0.3 is 19.5 Å². The number of nitrogens with one attached hydrogen (secondary N) is 1. The number of aromatic nitrogens is 4. The summed E-state index contributed by atoms with van der Waals surface area (Å²) in [6.07, 6.45) is -0.0387. The van der Waals surface area contributed by atoms with Crippen LogP contribution in [0.1, 0.15) is 23.2 Å². The molecule has 0 saturated heterocycles. The summed E-state index contributed by atoms with van der Waals surface area (Å²) in [5, 5.41) is 3.26. The summed E-state index contributed by atoms with van der Waals surface area (Å²) in [4.78, 5) is 19.5. The van der Waals surface area contributed by atoms with Crippen LogP contribution in [0.2, 0.25) is 5.02 Å². The maximum Gasteiger partial charge on any atom is 0.416 e. The molecule has 0 atom stereocenters. The van der Waals surface area contributed by atoms with Gasteiger partial charge >= 0.3 is 6.18 Å². The first-order chi connectivity index (χ1) is 16.5. The fraction of sp³-hybridized carbons (Fsp3) is 0.364. The van der Waals surface area contributed by atoms with Crippen molar-refractivity contribution in [2.45, 2.75) is 25.6 Å². The van der Waals surface area contributed by atoms with E-state index in [2.05, 4.69) is 25.3 Å². The van der Waals surface area contributed by atoms with Crippen LogP contribution in [0.25, 0.3) is 0 Å². The Morgan fingerprint density at radius 3 is 2.66 bits per heavy atom. The van der Waals surface area contributed by atoms with Gasteiger partial charge in [-0.1, -0.05) is 11.6 Å². The number of halogens is 4. The van der Waals surface area contributed by atoms with Crippen LogP contribution in [0.3, 0.4) is 0 Å². The monoisotopic (exact) mass is 526 g/mol. The number of aryl methyl sites for hydroxylation is 1. The van der Waals surface area contributed by atoms with Gasteiger partial charge in [-0.05, 0) is 49.9 Å². The molecule has 3 heterocycles. The first-order valence-electron chi connectivity index (χ1n) is 10.7. The van der Waals surface area contributed by atoms with Gasteiger partial charge in [0.25, 0.3) is 5.88 Å². The number of benzene rings is 1. The Hall–Kier alpha value is -2.91. The number of hydrogen-bond acceptors (Lipinski definition) is 8. The van der Waals surface area contributed by atoms with Gasteiger partial charge in [-0.3, -0.25) is 4.98 Å². The molecule has 0 radical (unpaired) electrons. The maximum absolute atomic E-state index is 13.2. The highest BCUT2D eigenvalue weighted by molar-refractivity contribution is 7.69. The molecule has 1 aliphatic rings. The van der Waals surface area contributed by atoms with Crippen molar-refractivity contribution in [3.05, 3.63) is 52.4 Å². The first-order valence-corrected chi connectivity index (χ1v) is 13.6. The van der Waals surface area contributed by atoms with E-state index in [1.807, 2.05) is 4.90 Å². The molecule has 2 aromatic heterocycles. The lowest BCUT2D eigenvalue weighted by Crippen LogP contribution is -2.31. The first kappa shape index (κ1) is 25.2. The van der Waals surface area contributed by atoms with Crippen LogP contribution in [0.4, 0.5) is 30.6 Å². The number of hydrogen-bond donors (Lipinski definition) is 1. The van der Waals surface area contributed by atoms with E-state index in [1.54, 1.807) is 19.5 Å². The van der Waals surface area contributed by atoms with Crippen LogP contribution in [0.15, 0.2) is 30.6 Å². The van der Waals surface area contributed by atoms with Gasteiger partial charge in [0, 0.05) is 18.1 Å². The van der Waals surface area contributed by atoms with Crippen LogP contribution in [0.5, 0.6) is 5.88 Å². The van der Waals surface area contributed by atoms with E-state index in [-0.39, 0.29) is 23.3 Å². The Kier molecular flexibility index (Phi) is 6.92. The fourth-order valence-electron chi connectivity index (χ4n) is 3.64. The van der Waals surface area contributed by atoms with Crippen molar-refractivity contribution in [1.82, 2.24) is 19.9 Å². The van der Waals surface area contributed by atoms with Crippen molar-refractivity contribution in [3.8, 4) is 5.88 Å². The summed E-state index contributed by atoms with van der Waals surface area (Å²) in [7, 11) is -1.21. The van der Waals surface area contributed by atoms with Gasteiger partial charge in [0.2, 0.25) is 0 Å². The highest BCUT2D eigenvalue weighted by atomic mass is 35.5. The highest BCUT2D eigenvalue weighted by Crippen LogP contribution is 2.36. The van der Waals surface area contributed by atoms with E-state index in [0.29, 0.717) is 35.6 Å². The lowest BCUT2D eigenvalue weighted by molar-refractivity contribution is -0.137. The Bertz CT molecular complexity index is 1300. The Balaban J connectivity index is 1.63. The molecule has 1 N–H and O–H groups in total. The molecule has 1 aromatic carbocycles. The molecule has 0 saturated carbocycles. The van der Waals surface area contributed by atoms with E-state index in [4.69, 9.17) is 16.3 Å². The SMILES string of the molecule is COc1nc(P(C)(C)=O)cnc1Nc1cnc2c(n1)N(Cc1cc(C(F)(F)F)ccc1Cl)CCC2. The molecule has 8 nitrogen and oxygen atoms in total. The summed E-state index contributed by atoms with van der Waals surface area (Å²) in [6.45, 7) is 3.90. The zero-order valence-electron chi connectivity index (χ0n) is 19.2. The quantitative estimate of drug-likeness (QED) is 0.454. The Labute approximate surface area is 205 Å². The summed E-state index contributed by atoms with van der Waals surface area (Å²) in [5.41, 5.74) is 0.659. The number of ether oxygens (including phenoxy) is 1. The van der Waals surface area contributed by atoms with Gasteiger partial charge in [-0.2, -0.15) is 13.2 Å². The predicted octanol–water partition coefficient (Wildman–Crippen LogP) is 4.89. The molecule has 0 fully saturated rings. The topological polar surface area (TPSA) is 93.1 Å². The Morgan fingerprint density at radius 1 is 1.20 bits per heavy atom.